The highest BCUT2D eigenvalue weighted by molar-refractivity contribution is 5.70. The van der Waals surface area contributed by atoms with Crippen LogP contribution in [-0.4, -0.2) is 25.2 Å². The lowest BCUT2D eigenvalue weighted by Crippen LogP contribution is -2.09. The van der Waals surface area contributed by atoms with Gasteiger partial charge < -0.3 is 9.47 Å². The van der Waals surface area contributed by atoms with E-state index in [9.17, 15) is 9.59 Å². The van der Waals surface area contributed by atoms with Crippen LogP contribution in [0.2, 0.25) is 0 Å². The summed E-state index contributed by atoms with van der Waals surface area (Å²) in [6, 6.07) is 0. The lowest BCUT2D eigenvalue weighted by molar-refractivity contribution is -0.146. The molecule has 4 nitrogen and oxygen atoms in total. The lowest BCUT2D eigenvalue weighted by Gasteiger charge is -2.05. The molecule has 1 fully saturated rings. The maximum Gasteiger partial charge on any atom is 0.305 e. The van der Waals surface area contributed by atoms with Crippen LogP contribution in [0.3, 0.4) is 0 Å². The van der Waals surface area contributed by atoms with Crippen molar-refractivity contribution in [2.45, 2.75) is 58.3 Å². The van der Waals surface area contributed by atoms with Crippen LogP contribution in [0, 0.1) is 29.6 Å². The van der Waals surface area contributed by atoms with E-state index in [2.05, 4.69) is 11.8 Å². The molecule has 2 atom stereocenters. The van der Waals surface area contributed by atoms with Crippen LogP contribution in [0.1, 0.15) is 58.3 Å². The van der Waals surface area contributed by atoms with Gasteiger partial charge in [0.25, 0.3) is 0 Å². The number of ether oxygens (including phenoxy) is 2. The monoisotopic (exact) mass is 306 g/mol. The van der Waals surface area contributed by atoms with E-state index in [1.807, 2.05) is 0 Å². The Balaban J connectivity index is 1.52. The molecule has 0 heterocycles. The minimum atomic E-state index is -0.188. The maximum atomic E-state index is 11.7. The number of unbranched alkanes of at least 4 members (excludes halogenated alkanes) is 1. The Hall–Kier alpha value is -1.50. The van der Waals surface area contributed by atoms with Crippen molar-refractivity contribution in [3.8, 4) is 11.8 Å². The molecule has 0 aromatic rings. The third kappa shape index (κ3) is 5.36. The molecular formula is C18H26O4. The van der Waals surface area contributed by atoms with Crippen LogP contribution in [0.25, 0.3) is 0 Å². The predicted molar refractivity (Wildman–Crippen MR) is 82.8 cm³/mol. The number of hydrogen-bond donors (Lipinski definition) is 0. The van der Waals surface area contributed by atoms with Gasteiger partial charge in [0.2, 0.25) is 0 Å². The molecule has 0 aromatic heterocycles. The normalized spacial score (nSPS) is 25.8. The van der Waals surface area contributed by atoms with E-state index in [-0.39, 0.29) is 11.9 Å². The summed E-state index contributed by atoms with van der Waals surface area (Å²) in [6.07, 6.45) is 6.42. The molecule has 4 heteroatoms. The molecule has 22 heavy (non-hydrogen) atoms. The van der Waals surface area contributed by atoms with Crippen molar-refractivity contribution in [1.29, 1.82) is 0 Å². The van der Waals surface area contributed by atoms with Crippen LogP contribution < -0.4 is 0 Å². The minimum Gasteiger partial charge on any atom is -0.466 e. The zero-order valence-electron chi connectivity index (χ0n) is 13.4. The molecule has 0 aromatic carbocycles. The van der Waals surface area contributed by atoms with Gasteiger partial charge in [0.1, 0.15) is 0 Å². The molecule has 2 unspecified atom stereocenters. The van der Waals surface area contributed by atoms with E-state index in [1.54, 1.807) is 6.92 Å². The molecule has 0 saturated heterocycles. The van der Waals surface area contributed by atoms with Crippen molar-refractivity contribution in [2.75, 3.05) is 13.2 Å². The second-order valence-electron chi connectivity index (χ2n) is 6.12. The van der Waals surface area contributed by atoms with Gasteiger partial charge in [-0.3, -0.25) is 9.59 Å². The number of esters is 2. The average molecular weight is 306 g/mol. The van der Waals surface area contributed by atoms with Gasteiger partial charge >= 0.3 is 11.9 Å². The van der Waals surface area contributed by atoms with Gasteiger partial charge in [0.15, 0.2) is 0 Å². The number of fused-ring (bicyclic) bond motifs is 1. The minimum absolute atomic E-state index is 0.139. The number of hydrogen-bond acceptors (Lipinski definition) is 4. The van der Waals surface area contributed by atoms with Crippen molar-refractivity contribution < 1.29 is 19.1 Å². The molecule has 2 rings (SSSR count). The van der Waals surface area contributed by atoms with Crippen LogP contribution in [0.5, 0.6) is 0 Å². The molecule has 0 radical (unpaired) electrons. The summed E-state index contributed by atoms with van der Waals surface area (Å²) in [5.41, 5.74) is 0. The van der Waals surface area contributed by atoms with E-state index in [0.29, 0.717) is 56.7 Å². The van der Waals surface area contributed by atoms with E-state index in [1.165, 1.54) is 0 Å². The highest BCUT2D eigenvalue weighted by Crippen LogP contribution is 2.52. The number of carbonyl (C=O) groups is 2. The second-order valence-corrected chi connectivity index (χ2v) is 6.12. The predicted octanol–water partition coefficient (Wildman–Crippen LogP) is 3.09. The summed E-state index contributed by atoms with van der Waals surface area (Å²) in [6.45, 7) is 2.77. The van der Waals surface area contributed by atoms with E-state index < -0.39 is 0 Å². The smallest absolute Gasteiger partial charge is 0.305 e. The zero-order valence-corrected chi connectivity index (χ0v) is 13.4. The van der Waals surface area contributed by atoms with Crippen molar-refractivity contribution in [3.63, 3.8) is 0 Å². The molecule has 122 valence electrons. The first-order valence-electron chi connectivity index (χ1n) is 8.49. The Morgan fingerprint density at radius 2 is 1.50 bits per heavy atom. The molecule has 2 aliphatic rings. The first-order valence-corrected chi connectivity index (χ1v) is 8.49. The van der Waals surface area contributed by atoms with Crippen LogP contribution in [-0.2, 0) is 19.1 Å². The second kappa shape index (κ2) is 8.82. The molecule has 0 N–H and O–H groups in total. The fraction of sp³-hybridized carbons (Fsp3) is 0.778. The van der Waals surface area contributed by atoms with Crippen LogP contribution in [0.4, 0.5) is 0 Å². The van der Waals surface area contributed by atoms with Gasteiger partial charge in [0, 0.05) is 25.7 Å². The van der Waals surface area contributed by atoms with E-state index in [0.717, 1.165) is 25.7 Å². The highest BCUT2D eigenvalue weighted by atomic mass is 16.5. The summed E-state index contributed by atoms with van der Waals surface area (Å²) >= 11 is 0. The van der Waals surface area contributed by atoms with E-state index in [4.69, 9.17) is 9.47 Å². The van der Waals surface area contributed by atoms with Crippen LogP contribution in [0.15, 0.2) is 0 Å². The van der Waals surface area contributed by atoms with Gasteiger partial charge in [-0.15, -0.1) is 11.8 Å². The maximum absolute atomic E-state index is 11.7. The first-order chi connectivity index (χ1) is 10.7. The van der Waals surface area contributed by atoms with Gasteiger partial charge in [-0.2, -0.15) is 0 Å². The SMILES string of the molecule is CCOC(=O)CCCCC(=O)OCC1C2CCC#CCCC21. The molecule has 0 spiro atoms. The first kappa shape index (κ1) is 16.9. The summed E-state index contributed by atoms with van der Waals surface area (Å²) in [5, 5.41) is 0. The lowest BCUT2D eigenvalue weighted by atomic mass is 10.1. The molecule has 1 saturated carbocycles. The Labute approximate surface area is 132 Å². The molecule has 0 aliphatic heterocycles. The summed E-state index contributed by atoms with van der Waals surface area (Å²) in [5.74, 6) is 8.02. The highest BCUT2D eigenvalue weighted by Gasteiger charge is 2.49. The molecule has 0 bridgehead atoms. The van der Waals surface area contributed by atoms with E-state index >= 15 is 0 Å². The topological polar surface area (TPSA) is 52.6 Å². The average Bonchev–Trinajstić information content (AvgIpc) is 3.11. The summed E-state index contributed by atoms with van der Waals surface area (Å²) in [4.78, 5) is 22.9. The largest absolute Gasteiger partial charge is 0.466 e. The van der Waals surface area contributed by atoms with Crippen molar-refractivity contribution in [1.82, 2.24) is 0 Å². The summed E-state index contributed by atoms with van der Waals surface area (Å²) < 4.78 is 10.2. The third-order valence-corrected chi connectivity index (χ3v) is 4.59. The van der Waals surface area contributed by atoms with Gasteiger partial charge in [-0.25, -0.2) is 0 Å². The number of rotatable bonds is 8. The van der Waals surface area contributed by atoms with Crippen LogP contribution >= 0.6 is 0 Å². The molecule has 0 amide bonds. The molecular weight excluding hydrogens is 280 g/mol. The van der Waals surface area contributed by atoms with Crippen molar-refractivity contribution >= 4 is 11.9 Å². The van der Waals surface area contributed by atoms with Crippen molar-refractivity contribution in [3.05, 3.63) is 0 Å². The van der Waals surface area contributed by atoms with Gasteiger partial charge in [0.05, 0.1) is 13.2 Å². The Morgan fingerprint density at radius 3 is 2.05 bits per heavy atom. The number of carbonyl (C=O) groups excluding carboxylic acids is 2. The Morgan fingerprint density at radius 1 is 0.955 bits per heavy atom. The van der Waals surface area contributed by atoms with Gasteiger partial charge in [-0.05, 0) is 50.4 Å². The quantitative estimate of drug-likeness (QED) is 0.393. The Kier molecular flexibility index (Phi) is 6.76. The standard InChI is InChI=1S/C18H26O4/c1-2-21-17(19)11-7-8-12-18(20)22-13-16-14-9-5-3-4-6-10-15(14)16/h14-16H,2,5-13H2,1H3. The third-order valence-electron chi connectivity index (χ3n) is 4.59. The van der Waals surface area contributed by atoms with Gasteiger partial charge in [-0.1, -0.05) is 0 Å². The fourth-order valence-corrected chi connectivity index (χ4v) is 3.32. The Bertz CT molecular complexity index is 428. The van der Waals surface area contributed by atoms with Crippen molar-refractivity contribution in [2.24, 2.45) is 17.8 Å². The molecule has 2 aliphatic carbocycles. The fourth-order valence-electron chi connectivity index (χ4n) is 3.32. The summed E-state index contributed by atoms with van der Waals surface area (Å²) in [7, 11) is 0. The zero-order chi connectivity index (χ0) is 15.8.